The molecule has 5 heteroatoms. The van der Waals surface area contributed by atoms with E-state index in [0.29, 0.717) is 5.41 Å². The fourth-order valence-electron chi connectivity index (χ4n) is 2.55. The molecule has 0 amide bonds. The van der Waals surface area contributed by atoms with Crippen molar-refractivity contribution >= 4 is 14.0 Å². The van der Waals surface area contributed by atoms with Crippen LogP contribution in [0.4, 0.5) is 0 Å². The number of rotatable bonds is 4. The van der Waals surface area contributed by atoms with E-state index in [1.807, 2.05) is 0 Å². The van der Waals surface area contributed by atoms with Crippen molar-refractivity contribution < 1.29 is 60.5 Å². The first-order valence-corrected chi connectivity index (χ1v) is 12.3. The zero-order chi connectivity index (χ0) is 14.0. The van der Waals surface area contributed by atoms with E-state index >= 15 is 0 Å². The molecule has 0 aromatic heterocycles. The van der Waals surface area contributed by atoms with Crippen LogP contribution in [0, 0.1) is 5.41 Å². The normalized spacial score (nSPS) is 16.7. The van der Waals surface area contributed by atoms with Crippen molar-refractivity contribution in [3.05, 3.63) is 41.5 Å². The summed E-state index contributed by atoms with van der Waals surface area (Å²) in [6, 6.07) is 8.98. The summed E-state index contributed by atoms with van der Waals surface area (Å²) < 4.78 is 1.79. The molecule has 0 spiro atoms. The minimum Gasteiger partial charge on any atom is -1.00 e. The van der Waals surface area contributed by atoms with Gasteiger partial charge < -0.3 is 37.2 Å². The Kier molecular flexibility index (Phi) is 12.6. The van der Waals surface area contributed by atoms with Crippen molar-refractivity contribution in [3.8, 4) is 0 Å². The number of halogens is 3. The molecule has 0 N–H and O–H groups in total. The molecule has 123 valence electrons. The molecule has 1 aromatic carbocycles. The Morgan fingerprint density at radius 2 is 1.68 bits per heavy atom. The summed E-state index contributed by atoms with van der Waals surface area (Å²) >= 11 is -0.444. The van der Waals surface area contributed by atoms with Gasteiger partial charge in [0.1, 0.15) is 0 Å². The average Bonchev–Trinajstić information content (AvgIpc) is 2.70. The molecule has 1 aliphatic rings. The molecule has 0 aliphatic heterocycles. The van der Waals surface area contributed by atoms with Crippen LogP contribution < -0.4 is 37.2 Å². The van der Waals surface area contributed by atoms with E-state index in [1.165, 1.54) is 11.7 Å². The topological polar surface area (TPSA) is 0 Å². The summed E-state index contributed by atoms with van der Waals surface area (Å²) in [6.07, 6.45) is 6.31. The van der Waals surface area contributed by atoms with Gasteiger partial charge in [-0.1, -0.05) is 0 Å². The summed E-state index contributed by atoms with van der Waals surface area (Å²) in [4.78, 5) is 0. The molecule has 22 heavy (non-hydrogen) atoms. The molecule has 0 bridgehead atoms. The summed E-state index contributed by atoms with van der Waals surface area (Å²) in [5.41, 5.74) is 3.57. The minimum absolute atomic E-state index is 0. The number of hydrogen-bond acceptors (Lipinski definition) is 0. The van der Waals surface area contributed by atoms with Crippen molar-refractivity contribution in [1.82, 2.24) is 0 Å². The SMILES string of the molecule is CP(C)C[CH]([Zr+3][CH]1C=Cc2ccccc21)C(C)(C)C.[Cl-].[Cl-].[Cl-]. The van der Waals surface area contributed by atoms with E-state index in [4.69, 9.17) is 0 Å². The zero-order valence-corrected chi connectivity index (χ0v) is 19.5. The van der Waals surface area contributed by atoms with Gasteiger partial charge in [-0.25, -0.2) is 0 Å². The molecule has 1 aromatic rings. The van der Waals surface area contributed by atoms with Gasteiger partial charge in [-0.05, 0) is 0 Å². The van der Waals surface area contributed by atoms with Gasteiger partial charge in [0.25, 0.3) is 0 Å². The van der Waals surface area contributed by atoms with Crippen molar-refractivity contribution in [3.63, 3.8) is 0 Å². The monoisotopic (exact) mass is 455 g/mol. The van der Waals surface area contributed by atoms with Gasteiger partial charge >= 0.3 is 132 Å². The Bertz CT molecular complexity index is 469. The summed E-state index contributed by atoms with van der Waals surface area (Å²) in [7, 11) is 0.227. The van der Waals surface area contributed by atoms with Crippen molar-refractivity contribution in [2.45, 2.75) is 28.0 Å². The maximum absolute atomic E-state index is 2.49. The number of fused-ring (bicyclic) bond motifs is 1. The number of allylic oxidation sites excluding steroid dienone is 1. The predicted molar refractivity (Wildman–Crippen MR) is 85.1 cm³/mol. The first kappa shape index (κ1) is 25.4. The van der Waals surface area contributed by atoms with Gasteiger partial charge in [0.15, 0.2) is 0 Å². The largest absolute Gasteiger partial charge is 1.00 e. The molecular weight excluding hydrogens is 433 g/mol. The van der Waals surface area contributed by atoms with Crippen LogP contribution in [0.3, 0.4) is 0 Å². The van der Waals surface area contributed by atoms with E-state index in [-0.39, 0.29) is 45.1 Å². The molecule has 0 radical (unpaired) electrons. The third-order valence-corrected chi connectivity index (χ3v) is 11.5. The van der Waals surface area contributed by atoms with Crippen molar-refractivity contribution in [1.29, 1.82) is 0 Å². The van der Waals surface area contributed by atoms with Crippen LogP contribution in [-0.4, -0.2) is 19.5 Å². The molecule has 2 unspecified atom stereocenters. The third kappa shape index (κ3) is 6.95. The first-order chi connectivity index (χ1) is 8.88. The van der Waals surface area contributed by atoms with E-state index in [1.54, 1.807) is 5.56 Å². The molecular formula is C17H25Cl3PZr. The van der Waals surface area contributed by atoms with Crippen LogP contribution in [0.25, 0.3) is 6.08 Å². The van der Waals surface area contributed by atoms with E-state index in [2.05, 4.69) is 70.5 Å². The molecule has 0 saturated heterocycles. The van der Waals surface area contributed by atoms with E-state index in [9.17, 15) is 0 Å². The van der Waals surface area contributed by atoms with Crippen LogP contribution in [-0.2, 0) is 23.2 Å². The molecule has 1 aliphatic carbocycles. The molecule has 2 rings (SSSR count). The van der Waals surface area contributed by atoms with Gasteiger partial charge in [-0.2, -0.15) is 0 Å². The standard InChI is InChI=1S/C9H7.C8H18P.3ClH.Zr/c1-2-5-9-7-3-6-8(9)4-1;1-8(2,3)6-7-9(4)5;;;;/h1-7H;6H,7H2,1-5H3;3*1H;/q;;;;;+3/p-3. The van der Waals surface area contributed by atoms with Crippen LogP contribution in [0.5, 0.6) is 0 Å². The zero-order valence-electron chi connectivity index (χ0n) is 13.9. The predicted octanol–water partition coefficient (Wildman–Crippen LogP) is -3.57. The molecule has 0 fully saturated rings. The second-order valence-corrected chi connectivity index (χ2v) is 13.4. The van der Waals surface area contributed by atoms with Gasteiger partial charge in [0, 0.05) is 0 Å². The Hall–Kier alpha value is 1.14. The fourth-order valence-corrected chi connectivity index (χ4v) is 11.3. The number of benzene rings is 1. The minimum atomic E-state index is -0.444. The smallest absolute Gasteiger partial charge is 1.00 e. The van der Waals surface area contributed by atoms with Gasteiger partial charge in [0.2, 0.25) is 0 Å². The van der Waals surface area contributed by atoms with Gasteiger partial charge in [0.05, 0.1) is 0 Å². The van der Waals surface area contributed by atoms with Crippen LogP contribution in [0.1, 0.15) is 35.5 Å². The maximum atomic E-state index is 2.49. The Morgan fingerprint density at radius 1 is 1.09 bits per heavy atom. The molecule has 0 nitrogen and oxygen atoms in total. The Balaban J connectivity index is 0. The van der Waals surface area contributed by atoms with Gasteiger partial charge in [-0.3, -0.25) is 0 Å². The molecule has 0 heterocycles. The quantitative estimate of drug-likeness (QED) is 0.410. The van der Waals surface area contributed by atoms with E-state index < -0.39 is 23.2 Å². The first-order valence-electron chi connectivity index (χ1n) is 7.06. The second-order valence-electron chi connectivity index (χ2n) is 6.81. The van der Waals surface area contributed by atoms with Gasteiger partial charge in [-0.15, -0.1) is 0 Å². The number of hydrogen-bond donors (Lipinski definition) is 0. The Morgan fingerprint density at radius 3 is 2.23 bits per heavy atom. The summed E-state index contributed by atoms with van der Waals surface area (Å²) in [5, 5.41) is 0. The summed E-state index contributed by atoms with van der Waals surface area (Å²) in [5.74, 6) is 0. The molecule has 0 saturated carbocycles. The third-order valence-electron chi connectivity index (χ3n) is 3.77. The Labute approximate surface area is 167 Å². The van der Waals surface area contributed by atoms with Crippen molar-refractivity contribution in [2.75, 3.05) is 19.5 Å². The second kappa shape index (κ2) is 10.9. The molecule has 2 atom stereocenters. The fraction of sp³-hybridized carbons (Fsp3) is 0.529. The van der Waals surface area contributed by atoms with E-state index in [0.717, 1.165) is 7.25 Å². The maximum Gasteiger partial charge on any atom is -1.00 e. The van der Waals surface area contributed by atoms with Crippen LogP contribution in [0.2, 0.25) is 3.63 Å². The van der Waals surface area contributed by atoms with Crippen LogP contribution in [0.15, 0.2) is 30.3 Å². The summed E-state index contributed by atoms with van der Waals surface area (Å²) in [6.45, 7) is 12.2. The van der Waals surface area contributed by atoms with Crippen molar-refractivity contribution in [2.24, 2.45) is 5.41 Å². The average molecular weight is 458 g/mol. The van der Waals surface area contributed by atoms with Crippen LogP contribution >= 0.6 is 7.92 Å².